The zero-order chi connectivity index (χ0) is 13.0. The molecule has 7 heteroatoms. The zero-order valence-corrected chi connectivity index (χ0v) is 10.3. The van der Waals surface area contributed by atoms with Gasteiger partial charge in [-0.25, -0.2) is 0 Å². The van der Waals surface area contributed by atoms with Crippen molar-refractivity contribution in [2.75, 3.05) is 5.73 Å². The molecule has 0 saturated heterocycles. The van der Waals surface area contributed by atoms with Crippen LogP contribution in [0.15, 0.2) is 23.1 Å². The summed E-state index contributed by atoms with van der Waals surface area (Å²) in [5, 5.41) is 8.63. The second kappa shape index (κ2) is 5.90. The van der Waals surface area contributed by atoms with Gasteiger partial charge in [0.2, 0.25) is 0 Å². The minimum absolute atomic E-state index is 0.226. The number of carbonyl (C=O) groups excluding carboxylic acids is 1. The lowest BCUT2D eigenvalue weighted by Gasteiger charge is -2.10. The Labute approximate surface area is 107 Å². The van der Waals surface area contributed by atoms with Crippen LogP contribution in [0.1, 0.15) is 16.8 Å². The topological polar surface area (TPSA) is 106 Å². The maximum Gasteiger partial charge on any atom is 0.320 e. The summed E-state index contributed by atoms with van der Waals surface area (Å²) >= 11 is 0. The Morgan fingerprint density at radius 2 is 2.12 bits per heavy atom. The van der Waals surface area contributed by atoms with Gasteiger partial charge in [-0.05, 0) is 33.8 Å². The van der Waals surface area contributed by atoms with Crippen molar-refractivity contribution in [3.63, 3.8) is 0 Å². The molecule has 0 aromatic heterocycles. The summed E-state index contributed by atoms with van der Waals surface area (Å²) in [7, 11) is 6.47. The molecule has 0 heterocycles. The molecule has 1 aromatic rings. The fourth-order valence-corrected chi connectivity index (χ4v) is 2.12. The van der Waals surface area contributed by atoms with Crippen LogP contribution in [0, 0.1) is 0 Å². The molecule has 0 aliphatic rings. The molecule has 0 spiro atoms. The van der Waals surface area contributed by atoms with Crippen LogP contribution in [0.4, 0.5) is 5.69 Å². The van der Waals surface area contributed by atoms with E-state index in [0.717, 1.165) is 11.0 Å². The molecule has 0 fully saturated rings. The van der Waals surface area contributed by atoms with Crippen molar-refractivity contribution in [1.82, 2.24) is 0 Å². The van der Waals surface area contributed by atoms with E-state index in [1.807, 2.05) is 0 Å². The van der Waals surface area contributed by atoms with Crippen molar-refractivity contribution in [3.05, 3.63) is 23.8 Å². The van der Waals surface area contributed by atoms with Crippen molar-refractivity contribution < 1.29 is 14.7 Å². The van der Waals surface area contributed by atoms with Crippen molar-refractivity contribution in [1.29, 1.82) is 0 Å². The Morgan fingerprint density at radius 1 is 1.47 bits per heavy atom. The SMILES string of the molecule is Nc1cccc(SCl)c1C(=O)C[C@H](N)C(=O)O. The van der Waals surface area contributed by atoms with E-state index in [4.69, 9.17) is 27.3 Å². The number of carboxylic acids is 1. The predicted molar refractivity (Wildman–Crippen MR) is 67.1 cm³/mol. The Morgan fingerprint density at radius 3 is 2.65 bits per heavy atom. The van der Waals surface area contributed by atoms with E-state index < -0.39 is 17.8 Å². The normalized spacial score (nSPS) is 12.1. The Hall–Kier alpha value is -1.24. The highest BCUT2D eigenvalue weighted by molar-refractivity contribution is 8.21. The fourth-order valence-electron chi connectivity index (χ4n) is 1.30. The minimum Gasteiger partial charge on any atom is -0.480 e. The second-order valence-electron chi connectivity index (χ2n) is 3.37. The molecule has 17 heavy (non-hydrogen) atoms. The van der Waals surface area contributed by atoms with Crippen molar-refractivity contribution >= 4 is 39.1 Å². The Bertz CT molecular complexity index is 453. The van der Waals surface area contributed by atoms with Gasteiger partial charge in [0.15, 0.2) is 5.78 Å². The van der Waals surface area contributed by atoms with Gasteiger partial charge in [0.1, 0.15) is 6.04 Å². The van der Waals surface area contributed by atoms with Crippen LogP contribution in [0.25, 0.3) is 0 Å². The summed E-state index contributed by atoms with van der Waals surface area (Å²) in [4.78, 5) is 22.9. The summed E-state index contributed by atoms with van der Waals surface area (Å²) in [6.45, 7) is 0. The number of nitrogens with two attached hydrogens (primary N) is 2. The number of ketones is 1. The summed E-state index contributed by atoms with van der Waals surface area (Å²) in [5.74, 6) is -1.66. The summed E-state index contributed by atoms with van der Waals surface area (Å²) in [6.07, 6.45) is -0.312. The molecule has 1 atom stereocenters. The van der Waals surface area contributed by atoms with Gasteiger partial charge in [-0.15, -0.1) is 0 Å². The third-order valence-corrected chi connectivity index (χ3v) is 3.15. The second-order valence-corrected chi connectivity index (χ2v) is 4.43. The number of hydrogen-bond acceptors (Lipinski definition) is 5. The number of nitrogen functional groups attached to an aromatic ring is 1. The smallest absolute Gasteiger partial charge is 0.320 e. The standard InChI is InChI=1S/C10H11ClN2O3S/c11-17-8-3-1-2-5(12)9(8)7(14)4-6(13)10(15)16/h1-3,6H,4,12-13H2,(H,15,16)/t6-/m0/s1. The first-order chi connectivity index (χ1) is 7.97. The Balaban J connectivity index is 3.00. The summed E-state index contributed by atoms with van der Waals surface area (Å²) < 4.78 is 0. The first kappa shape index (κ1) is 13.8. The van der Waals surface area contributed by atoms with Crippen molar-refractivity contribution in [2.24, 2.45) is 5.73 Å². The predicted octanol–water partition coefficient (Wildman–Crippen LogP) is 1.50. The fraction of sp³-hybridized carbons (Fsp3) is 0.200. The Kier molecular flexibility index (Phi) is 4.80. The van der Waals surface area contributed by atoms with E-state index in [1.165, 1.54) is 0 Å². The average molecular weight is 275 g/mol. The highest BCUT2D eigenvalue weighted by atomic mass is 35.7. The lowest BCUT2D eigenvalue weighted by atomic mass is 10.0. The van der Waals surface area contributed by atoms with Crippen LogP contribution < -0.4 is 11.5 Å². The molecule has 5 nitrogen and oxygen atoms in total. The highest BCUT2D eigenvalue weighted by Gasteiger charge is 2.21. The van der Waals surface area contributed by atoms with E-state index in [0.29, 0.717) is 4.90 Å². The molecule has 0 unspecified atom stereocenters. The number of Topliss-reactive ketones (excluding diaryl/α,β-unsaturated/α-hetero) is 1. The van der Waals surface area contributed by atoms with Gasteiger partial charge in [-0.1, -0.05) is 6.07 Å². The number of aliphatic carboxylic acids is 1. The number of benzene rings is 1. The minimum atomic E-state index is -1.24. The van der Waals surface area contributed by atoms with Crippen molar-refractivity contribution in [3.8, 4) is 0 Å². The van der Waals surface area contributed by atoms with Crippen LogP contribution in [0.5, 0.6) is 0 Å². The molecule has 0 radical (unpaired) electrons. The van der Waals surface area contributed by atoms with Gasteiger partial charge < -0.3 is 16.6 Å². The molecule has 0 saturated carbocycles. The van der Waals surface area contributed by atoms with Gasteiger partial charge >= 0.3 is 5.97 Å². The lowest BCUT2D eigenvalue weighted by molar-refractivity contribution is -0.138. The summed E-state index contributed by atoms with van der Waals surface area (Å²) in [5.41, 5.74) is 11.5. The van der Waals surface area contributed by atoms with Crippen LogP contribution >= 0.6 is 21.7 Å². The molecule has 1 aromatic carbocycles. The van der Waals surface area contributed by atoms with Gasteiger partial charge in [0, 0.05) is 17.0 Å². The van der Waals surface area contributed by atoms with E-state index in [9.17, 15) is 9.59 Å². The molecule has 0 aliphatic heterocycles. The molecule has 92 valence electrons. The van der Waals surface area contributed by atoms with Gasteiger partial charge in [0.25, 0.3) is 0 Å². The number of carboxylic acid groups (broad SMARTS) is 1. The molecular formula is C10H11ClN2O3S. The van der Waals surface area contributed by atoms with Gasteiger partial charge in [0.05, 0.1) is 5.56 Å². The number of carbonyl (C=O) groups is 2. The molecule has 0 bridgehead atoms. The number of rotatable bonds is 5. The first-order valence-electron chi connectivity index (χ1n) is 4.66. The number of anilines is 1. The third-order valence-electron chi connectivity index (χ3n) is 2.14. The molecule has 5 N–H and O–H groups in total. The van der Waals surface area contributed by atoms with Gasteiger partial charge in [-0.2, -0.15) is 0 Å². The molecule has 0 amide bonds. The quantitative estimate of drug-likeness (QED) is 0.555. The van der Waals surface area contributed by atoms with Gasteiger partial charge in [-0.3, -0.25) is 9.59 Å². The molecular weight excluding hydrogens is 264 g/mol. The zero-order valence-electron chi connectivity index (χ0n) is 8.72. The largest absolute Gasteiger partial charge is 0.480 e. The maximum atomic E-state index is 11.9. The average Bonchev–Trinajstić information content (AvgIpc) is 2.27. The molecule has 1 rings (SSSR count). The summed E-state index contributed by atoms with van der Waals surface area (Å²) in [6, 6.07) is 3.60. The molecule has 0 aliphatic carbocycles. The number of halogens is 1. The van der Waals surface area contributed by atoms with E-state index in [2.05, 4.69) is 0 Å². The van der Waals surface area contributed by atoms with Crippen molar-refractivity contribution in [2.45, 2.75) is 17.4 Å². The van der Waals surface area contributed by atoms with E-state index >= 15 is 0 Å². The third kappa shape index (κ3) is 3.36. The van der Waals surface area contributed by atoms with E-state index in [1.54, 1.807) is 18.2 Å². The van der Waals surface area contributed by atoms with Crippen LogP contribution in [0.2, 0.25) is 0 Å². The number of hydrogen-bond donors (Lipinski definition) is 3. The van der Waals surface area contributed by atoms with E-state index in [-0.39, 0.29) is 17.7 Å². The lowest BCUT2D eigenvalue weighted by Crippen LogP contribution is -2.32. The van der Waals surface area contributed by atoms with Crippen LogP contribution in [-0.2, 0) is 4.79 Å². The maximum absolute atomic E-state index is 11.9. The first-order valence-corrected chi connectivity index (χ1v) is 6.30. The van der Waals surface area contributed by atoms with Crippen LogP contribution in [-0.4, -0.2) is 22.9 Å². The van der Waals surface area contributed by atoms with Crippen LogP contribution in [0.3, 0.4) is 0 Å². The highest BCUT2D eigenvalue weighted by Crippen LogP contribution is 2.30. The monoisotopic (exact) mass is 274 g/mol.